The third kappa shape index (κ3) is 2.50. The van der Waals surface area contributed by atoms with Crippen molar-refractivity contribution < 1.29 is 14.3 Å². The Labute approximate surface area is 141 Å². The van der Waals surface area contributed by atoms with Gasteiger partial charge in [0.05, 0.1) is 7.11 Å². The molecule has 4 nitrogen and oxygen atoms in total. The number of carbonyl (C=O) groups is 2. The van der Waals surface area contributed by atoms with Crippen LogP contribution in [0.1, 0.15) is 6.42 Å². The molecule has 122 valence electrons. The lowest BCUT2D eigenvalue weighted by atomic mass is 10.0. The maximum atomic E-state index is 13.4. The number of para-hydroxylation sites is 2. The summed E-state index contributed by atoms with van der Waals surface area (Å²) >= 11 is 0. The predicted octanol–water partition coefficient (Wildman–Crippen LogP) is 3.72. The number of carbonyl (C=O) groups excluding carboxylic acids is 2. The summed E-state index contributed by atoms with van der Waals surface area (Å²) in [4.78, 5) is 27.3. The number of allylic oxidation sites excluding steroid dienone is 1. The maximum Gasteiger partial charge on any atom is 0.322 e. The smallest absolute Gasteiger partial charge is 0.322 e. The van der Waals surface area contributed by atoms with Crippen molar-refractivity contribution in [3.05, 3.63) is 73.3 Å². The van der Waals surface area contributed by atoms with Gasteiger partial charge in [0.25, 0.3) is 0 Å². The lowest BCUT2D eigenvalue weighted by molar-refractivity contribution is -0.151. The quantitative estimate of drug-likeness (QED) is 0.479. The van der Waals surface area contributed by atoms with Crippen LogP contribution in [-0.4, -0.2) is 19.0 Å². The largest absolute Gasteiger partial charge is 0.468 e. The number of hydrogen-bond donors (Lipinski definition) is 0. The van der Waals surface area contributed by atoms with E-state index in [1.54, 1.807) is 11.0 Å². The average molecular weight is 321 g/mol. The van der Waals surface area contributed by atoms with Crippen molar-refractivity contribution in [3.8, 4) is 0 Å². The summed E-state index contributed by atoms with van der Waals surface area (Å²) in [6.45, 7) is 3.74. The van der Waals surface area contributed by atoms with Crippen molar-refractivity contribution in [2.24, 2.45) is 11.3 Å². The minimum atomic E-state index is -1.18. The predicted molar refractivity (Wildman–Crippen MR) is 92.8 cm³/mol. The van der Waals surface area contributed by atoms with E-state index in [-0.39, 0.29) is 11.8 Å². The first-order valence-corrected chi connectivity index (χ1v) is 7.80. The number of hydrogen-bond acceptors (Lipinski definition) is 3. The highest BCUT2D eigenvalue weighted by atomic mass is 16.5. The summed E-state index contributed by atoms with van der Waals surface area (Å²) in [7, 11) is 1.31. The zero-order valence-corrected chi connectivity index (χ0v) is 13.5. The maximum absolute atomic E-state index is 13.4. The van der Waals surface area contributed by atoms with Crippen molar-refractivity contribution >= 4 is 23.3 Å². The number of amides is 1. The second-order valence-electron chi connectivity index (χ2n) is 5.82. The van der Waals surface area contributed by atoms with E-state index in [9.17, 15) is 9.59 Å². The number of methoxy groups -OCH3 is 1. The molecule has 1 amide bonds. The Hall–Kier alpha value is -2.88. The summed E-state index contributed by atoms with van der Waals surface area (Å²) in [6.07, 6.45) is 2.08. The minimum Gasteiger partial charge on any atom is -0.468 e. The molecule has 4 heteroatoms. The van der Waals surface area contributed by atoms with Gasteiger partial charge in [-0.1, -0.05) is 42.5 Å². The van der Waals surface area contributed by atoms with Gasteiger partial charge in [0.1, 0.15) is 0 Å². The van der Waals surface area contributed by atoms with Crippen LogP contribution in [0.15, 0.2) is 73.3 Å². The lowest BCUT2D eigenvalue weighted by Gasteiger charge is -2.27. The summed E-state index contributed by atoms with van der Waals surface area (Å²) in [6, 6.07) is 18.6. The van der Waals surface area contributed by atoms with Gasteiger partial charge in [-0.15, -0.1) is 6.58 Å². The van der Waals surface area contributed by atoms with Crippen LogP contribution in [0, 0.1) is 11.3 Å². The summed E-state index contributed by atoms with van der Waals surface area (Å²) in [5.74, 6) is -0.988. The molecule has 2 atom stereocenters. The molecule has 2 aromatic rings. The zero-order valence-electron chi connectivity index (χ0n) is 13.5. The second kappa shape index (κ2) is 6.32. The fourth-order valence-corrected chi connectivity index (χ4v) is 3.06. The van der Waals surface area contributed by atoms with E-state index in [0.29, 0.717) is 17.8 Å². The first-order chi connectivity index (χ1) is 11.6. The van der Waals surface area contributed by atoms with Crippen LogP contribution in [0.4, 0.5) is 11.4 Å². The Morgan fingerprint density at radius 3 is 1.96 bits per heavy atom. The number of ether oxygens (including phenoxy) is 1. The third-order valence-electron chi connectivity index (χ3n) is 4.46. The van der Waals surface area contributed by atoms with E-state index in [1.807, 2.05) is 60.7 Å². The highest BCUT2D eigenvalue weighted by molar-refractivity contribution is 6.16. The first kappa shape index (κ1) is 16.0. The molecule has 1 saturated carbocycles. The molecule has 0 unspecified atom stereocenters. The van der Waals surface area contributed by atoms with Crippen LogP contribution in [0.25, 0.3) is 0 Å². The second-order valence-corrected chi connectivity index (χ2v) is 5.82. The number of anilines is 2. The summed E-state index contributed by atoms with van der Waals surface area (Å²) < 4.78 is 4.92. The SMILES string of the molecule is C=C[C@H]1C[C@]1(C(=O)OC)C(=O)N(c1ccccc1)c1ccccc1. The van der Waals surface area contributed by atoms with E-state index in [4.69, 9.17) is 4.74 Å². The van der Waals surface area contributed by atoms with Gasteiger partial charge in [-0.2, -0.15) is 0 Å². The van der Waals surface area contributed by atoms with Crippen LogP contribution >= 0.6 is 0 Å². The Kier molecular flexibility index (Phi) is 4.21. The van der Waals surface area contributed by atoms with E-state index in [0.717, 1.165) is 0 Å². The molecule has 0 aliphatic heterocycles. The fraction of sp³-hybridized carbons (Fsp3) is 0.200. The molecule has 0 radical (unpaired) electrons. The highest BCUT2D eigenvalue weighted by Gasteiger charge is 2.66. The molecule has 0 N–H and O–H groups in total. The van der Waals surface area contributed by atoms with Crippen molar-refractivity contribution in [2.75, 3.05) is 12.0 Å². The average Bonchev–Trinajstić information content (AvgIpc) is 3.39. The van der Waals surface area contributed by atoms with Crippen molar-refractivity contribution in [1.82, 2.24) is 0 Å². The molecular formula is C20H19NO3. The minimum absolute atomic E-state index is 0.202. The number of rotatable bonds is 5. The number of benzene rings is 2. The molecule has 0 heterocycles. The van der Waals surface area contributed by atoms with E-state index in [2.05, 4.69) is 6.58 Å². The molecule has 0 spiro atoms. The van der Waals surface area contributed by atoms with Crippen molar-refractivity contribution in [2.45, 2.75) is 6.42 Å². The Morgan fingerprint density at radius 1 is 1.08 bits per heavy atom. The molecule has 1 aliphatic rings. The Bertz CT molecular complexity index is 717. The Morgan fingerprint density at radius 2 is 1.58 bits per heavy atom. The van der Waals surface area contributed by atoms with Gasteiger partial charge >= 0.3 is 5.97 Å². The van der Waals surface area contributed by atoms with Gasteiger partial charge in [0.2, 0.25) is 5.91 Å². The van der Waals surface area contributed by atoms with E-state index < -0.39 is 11.4 Å². The van der Waals surface area contributed by atoms with Gasteiger partial charge in [0, 0.05) is 17.3 Å². The van der Waals surface area contributed by atoms with Gasteiger partial charge in [0.15, 0.2) is 5.41 Å². The normalized spacial score (nSPS) is 21.6. The molecule has 1 aliphatic carbocycles. The van der Waals surface area contributed by atoms with Crippen LogP contribution in [0.2, 0.25) is 0 Å². The molecular weight excluding hydrogens is 302 g/mol. The van der Waals surface area contributed by atoms with Gasteiger partial charge in [-0.05, 0) is 30.7 Å². The summed E-state index contributed by atoms with van der Waals surface area (Å²) in [5.41, 5.74) is 0.251. The van der Waals surface area contributed by atoms with Crippen molar-refractivity contribution in [3.63, 3.8) is 0 Å². The van der Waals surface area contributed by atoms with Crippen LogP contribution in [-0.2, 0) is 14.3 Å². The molecule has 1 fully saturated rings. The van der Waals surface area contributed by atoms with Crippen LogP contribution < -0.4 is 4.90 Å². The van der Waals surface area contributed by atoms with Gasteiger partial charge in [-0.3, -0.25) is 14.5 Å². The lowest BCUT2D eigenvalue weighted by Crippen LogP contribution is -2.40. The molecule has 0 bridgehead atoms. The Balaban J connectivity index is 2.08. The number of nitrogens with zero attached hydrogens (tertiary/aromatic N) is 1. The van der Waals surface area contributed by atoms with Crippen LogP contribution in [0.5, 0.6) is 0 Å². The topological polar surface area (TPSA) is 46.6 Å². The standard InChI is InChI=1S/C20H19NO3/c1-3-15-14-20(15,19(23)24-2)18(22)21(16-10-6-4-7-11-16)17-12-8-5-9-13-17/h3-13,15H,1,14H2,2H3/t15-,20+/m0/s1. The first-order valence-electron chi connectivity index (χ1n) is 7.80. The molecule has 0 saturated heterocycles. The monoisotopic (exact) mass is 321 g/mol. The molecule has 24 heavy (non-hydrogen) atoms. The van der Waals surface area contributed by atoms with Crippen molar-refractivity contribution in [1.29, 1.82) is 0 Å². The summed E-state index contributed by atoms with van der Waals surface area (Å²) in [5, 5.41) is 0. The molecule has 3 rings (SSSR count). The van der Waals surface area contributed by atoms with Crippen LogP contribution in [0.3, 0.4) is 0 Å². The van der Waals surface area contributed by atoms with E-state index in [1.165, 1.54) is 7.11 Å². The zero-order chi connectivity index (χ0) is 17.2. The fourth-order valence-electron chi connectivity index (χ4n) is 3.06. The van der Waals surface area contributed by atoms with Gasteiger partial charge in [-0.25, -0.2) is 0 Å². The van der Waals surface area contributed by atoms with Gasteiger partial charge < -0.3 is 4.74 Å². The molecule has 2 aromatic carbocycles. The molecule has 0 aromatic heterocycles. The highest BCUT2D eigenvalue weighted by Crippen LogP contribution is 2.56. The number of esters is 1. The van der Waals surface area contributed by atoms with E-state index >= 15 is 0 Å². The third-order valence-corrected chi connectivity index (χ3v) is 4.46.